The highest BCUT2D eigenvalue weighted by molar-refractivity contribution is 7.20. The summed E-state index contributed by atoms with van der Waals surface area (Å²) in [5, 5.41) is 5.69. The average molecular weight is 440 g/mol. The molecule has 0 unspecified atom stereocenters. The number of benzene rings is 1. The molecular weight excluding hydrogens is 418 g/mol. The minimum Gasteiger partial charge on any atom is -0.329 e. The molecule has 1 amide bonds. The lowest BCUT2D eigenvalue weighted by Crippen LogP contribution is -2.29. The number of carbonyl (C=O) groups is 1. The lowest BCUT2D eigenvalue weighted by Gasteiger charge is -2.22. The van der Waals surface area contributed by atoms with E-state index in [1.54, 1.807) is 24.8 Å². The van der Waals surface area contributed by atoms with Crippen molar-refractivity contribution in [2.24, 2.45) is 0 Å². The molecule has 5 aromatic rings. The summed E-state index contributed by atoms with van der Waals surface area (Å²) in [7, 11) is 0. The Balaban J connectivity index is 1.51. The number of para-hydroxylation sites is 1. The molecule has 0 saturated carbocycles. The molecule has 0 aliphatic heterocycles. The van der Waals surface area contributed by atoms with E-state index < -0.39 is 0 Å². The first-order valence-corrected chi connectivity index (χ1v) is 11.1. The van der Waals surface area contributed by atoms with Crippen LogP contribution in [0.1, 0.15) is 26.5 Å². The van der Waals surface area contributed by atoms with E-state index in [0.717, 1.165) is 32.7 Å². The van der Waals surface area contributed by atoms with Gasteiger partial charge in [-0.1, -0.05) is 24.3 Å². The van der Waals surface area contributed by atoms with Crippen molar-refractivity contribution >= 4 is 27.5 Å². The number of fused-ring (bicyclic) bond motifs is 1. The molecule has 0 atom stereocenters. The molecule has 4 heterocycles. The minimum absolute atomic E-state index is 0.00845. The highest BCUT2D eigenvalue weighted by atomic mass is 32.1. The van der Waals surface area contributed by atoms with Gasteiger partial charge in [-0.25, -0.2) is 4.68 Å². The molecule has 0 aliphatic rings. The molecule has 0 aliphatic carbocycles. The van der Waals surface area contributed by atoms with Gasteiger partial charge in [0.1, 0.15) is 4.83 Å². The third-order valence-corrected chi connectivity index (χ3v) is 6.36. The van der Waals surface area contributed by atoms with Gasteiger partial charge in [0.25, 0.3) is 5.91 Å². The lowest BCUT2D eigenvalue weighted by atomic mass is 10.2. The third-order valence-electron chi connectivity index (χ3n) is 5.26. The molecular formula is C25H21N5OS. The average Bonchev–Trinajstić information content (AvgIpc) is 3.41. The Kier molecular flexibility index (Phi) is 5.47. The quantitative estimate of drug-likeness (QED) is 0.372. The molecule has 0 spiro atoms. The number of pyridine rings is 2. The van der Waals surface area contributed by atoms with E-state index in [9.17, 15) is 4.79 Å². The second-order valence-corrected chi connectivity index (χ2v) is 8.57. The van der Waals surface area contributed by atoms with E-state index in [4.69, 9.17) is 0 Å². The molecule has 6 nitrogen and oxygen atoms in total. The van der Waals surface area contributed by atoms with Gasteiger partial charge in [0.15, 0.2) is 0 Å². The van der Waals surface area contributed by atoms with Crippen molar-refractivity contribution in [3.05, 3.63) is 107 Å². The third kappa shape index (κ3) is 4.02. The van der Waals surface area contributed by atoms with Gasteiger partial charge in [0.05, 0.1) is 16.3 Å². The Morgan fingerprint density at radius 1 is 0.938 bits per heavy atom. The van der Waals surface area contributed by atoms with Gasteiger partial charge < -0.3 is 4.90 Å². The van der Waals surface area contributed by atoms with Crippen molar-refractivity contribution in [2.45, 2.75) is 20.0 Å². The van der Waals surface area contributed by atoms with E-state index in [1.165, 1.54) is 11.3 Å². The van der Waals surface area contributed by atoms with Crippen LogP contribution in [0, 0.1) is 6.92 Å². The Bertz CT molecular complexity index is 1310. The maximum Gasteiger partial charge on any atom is 0.264 e. The standard InChI is InChI=1S/C25H21N5OS/c1-18-22-14-23(32-25(22)30(28-18)21-7-3-2-4-8-21)24(31)29(16-19-9-12-26-13-10-19)17-20-6-5-11-27-15-20/h2-15H,16-17H2,1H3. The summed E-state index contributed by atoms with van der Waals surface area (Å²) in [6.07, 6.45) is 7.04. The van der Waals surface area contributed by atoms with Crippen molar-refractivity contribution in [3.8, 4) is 5.69 Å². The Morgan fingerprint density at radius 3 is 2.47 bits per heavy atom. The zero-order valence-corrected chi connectivity index (χ0v) is 18.4. The molecule has 0 saturated heterocycles. The fourth-order valence-electron chi connectivity index (χ4n) is 3.67. The zero-order chi connectivity index (χ0) is 21.9. The molecule has 0 bridgehead atoms. The molecule has 5 rings (SSSR count). The maximum absolute atomic E-state index is 13.7. The van der Waals surface area contributed by atoms with Gasteiger partial charge in [-0.3, -0.25) is 14.8 Å². The Labute approximate surface area is 189 Å². The Hall–Kier alpha value is -3.84. The summed E-state index contributed by atoms with van der Waals surface area (Å²) in [6, 6.07) is 19.7. The second kappa shape index (κ2) is 8.72. The predicted molar refractivity (Wildman–Crippen MR) is 126 cm³/mol. The molecule has 4 aromatic heterocycles. The predicted octanol–water partition coefficient (Wildman–Crippen LogP) is 5.03. The summed E-state index contributed by atoms with van der Waals surface area (Å²) < 4.78 is 1.92. The number of carbonyl (C=O) groups excluding carboxylic acids is 1. The normalized spacial score (nSPS) is 11.0. The number of nitrogens with zero attached hydrogens (tertiary/aromatic N) is 5. The van der Waals surface area contributed by atoms with Crippen molar-refractivity contribution in [1.82, 2.24) is 24.6 Å². The fraction of sp³-hybridized carbons (Fsp3) is 0.120. The number of thiophene rings is 1. The van der Waals surface area contributed by atoms with Crippen LogP contribution >= 0.6 is 11.3 Å². The molecule has 0 N–H and O–H groups in total. The summed E-state index contributed by atoms with van der Waals surface area (Å²) in [5.74, 6) is -0.00845. The SMILES string of the molecule is Cc1nn(-c2ccccc2)c2sc(C(=O)N(Cc3ccncc3)Cc3cccnc3)cc12. The summed E-state index contributed by atoms with van der Waals surface area (Å²) in [5.41, 5.74) is 3.91. The summed E-state index contributed by atoms with van der Waals surface area (Å²) in [4.78, 5) is 25.5. The molecule has 32 heavy (non-hydrogen) atoms. The number of hydrogen-bond donors (Lipinski definition) is 0. The van der Waals surface area contributed by atoms with Crippen LogP contribution in [0.2, 0.25) is 0 Å². The number of hydrogen-bond acceptors (Lipinski definition) is 5. The molecule has 0 fully saturated rings. The smallest absolute Gasteiger partial charge is 0.264 e. The summed E-state index contributed by atoms with van der Waals surface area (Å²) in [6.45, 7) is 2.95. The highest BCUT2D eigenvalue weighted by Crippen LogP contribution is 2.31. The first kappa shape index (κ1) is 20.1. The van der Waals surface area contributed by atoms with Crippen LogP contribution in [0.15, 0.2) is 85.5 Å². The van der Waals surface area contributed by atoms with Gasteiger partial charge in [0, 0.05) is 43.3 Å². The summed E-state index contributed by atoms with van der Waals surface area (Å²) >= 11 is 1.48. The van der Waals surface area contributed by atoms with Gasteiger partial charge in [-0.05, 0) is 54.4 Å². The van der Waals surface area contributed by atoms with Crippen molar-refractivity contribution < 1.29 is 4.79 Å². The zero-order valence-electron chi connectivity index (χ0n) is 17.5. The van der Waals surface area contributed by atoms with Crippen molar-refractivity contribution in [1.29, 1.82) is 0 Å². The van der Waals surface area contributed by atoms with Crippen LogP contribution < -0.4 is 0 Å². The molecule has 0 radical (unpaired) electrons. The van der Waals surface area contributed by atoms with Crippen LogP contribution in [0.3, 0.4) is 0 Å². The van der Waals surface area contributed by atoms with Crippen molar-refractivity contribution in [2.75, 3.05) is 0 Å². The van der Waals surface area contributed by atoms with Gasteiger partial charge in [-0.2, -0.15) is 5.10 Å². The molecule has 7 heteroatoms. The van der Waals surface area contributed by atoms with Crippen LogP contribution in [0.4, 0.5) is 0 Å². The number of aromatic nitrogens is 4. The topological polar surface area (TPSA) is 63.9 Å². The van der Waals surface area contributed by atoms with Crippen LogP contribution in [-0.2, 0) is 13.1 Å². The van der Waals surface area contributed by atoms with Gasteiger partial charge in [0.2, 0.25) is 0 Å². The maximum atomic E-state index is 13.7. The molecule has 158 valence electrons. The number of aryl methyl sites for hydroxylation is 1. The van der Waals surface area contributed by atoms with Crippen LogP contribution in [0.5, 0.6) is 0 Å². The highest BCUT2D eigenvalue weighted by Gasteiger charge is 2.22. The van der Waals surface area contributed by atoms with E-state index in [2.05, 4.69) is 15.1 Å². The first-order chi connectivity index (χ1) is 15.7. The van der Waals surface area contributed by atoms with E-state index in [1.807, 2.05) is 77.2 Å². The largest absolute Gasteiger partial charge is 0.329 e. The van der Waals surface area contributed by atoms with Crippen LogP contribution in [0.25, 0.3) is 15.9 Å². The van der Waals surface area contributed by atoms with Crippen molar-refractivity contribution in [3.63, 3.8) is 0 Å². The lowest BCUT2D eigenvalue weighted by molar-refractivity contribution is 0.0735. The van der Waals surface area contributed by atoms with Gasteiger partial charge >= 0.3 is 0 Å². The molecule has 1 aromatic carbocycles. The second-order valence-electron chi connectivity index (χ2n) is 7.54. The van der Waals surface area contributed by atoms with E-state index in [0.29, 0.717) is 18.0 Å². The van der Waals surface area contributed by atoms with Gasteiger partial charge in [-0.15, -0.1) is 11.3 Å². The Morgan fingerprint density at radius 2 is 1.72 bits per heavy atom. The number of amides is 1. The minimum atomic E-state index is -0.00845. The van der Waals surface area contributed by atoms with Crippen LogP contribution in [-0.4, -0.2) is 30.6 Å². The van der Waals surface area contributed by atoms with E-state index in [-0.39, 0.29) is 5.91 Å². The monoisotopic (exact) mass is 439 g/mol. The first-order valence-electron chi connectivity index (χ1n) is 10.3. The van der Waals surface area contributed by atoms with E-state index >= 15 is 0 Å². The fourth-order valence-corrected chi connectivity index (χ4v) is 4.82. The number of rotatable bonds is 6.